The summed E-state index contributed by atoms with van der Waals surface area (Å²) in [6, 6.07) is 8.18. The van der Waals surface area contributed by atoms with Crippen LogP contribution in [0.3, 0.4) is 0 Å². The van der Waals surface area contributed by atoms with Crippen molar-refractivity contribution in [2.45, 2.75) is 33.7 Å². The smallest absolute Gasteiger partial charge is 0.236 e. The minimum atomic E-state index is 0.111. The molecule has 5 rings (SSSR count). The molecule has 7 nitrogen and oxygen atoms in total. The van der Waals surface area contributed by atoms with E-state index in [0.717, 1.165) is 60.4 Å². The zero-order valence-corrected chi connectivity index (χ0v) is 19.5. The average molecular weight is 450 g/mol. The number of imidazole rings is 1. The highest BCUT2D eigenvalue weighted by Crippen LogP contribution is 2.26. The van der Waals surface area contributed by atoms with Crippen LogP contribution < -0.4 is 0 Å². The lowest BCUT2D eigenvalue weighted by Crippen LogP contribution is -2.48. The molecule has 0 unspecified atom stereocenters. The number of piperazine rings is 1. The van der Waals surface area contributed by atoms with Crippen molar-refractivity contribution >= 4 is 22.9 Å². The van der Waals surface area contributed by atoms with Gasteiger partial charge in [0.1, 0.15) is 11.4 Å². The van der Waals surface area contributed by atoms with Crippen molar-refractivity contribution in [2.24, 2.45) is 0 Å². The maximum absolute atomic E-state index is 12.9. The number of pyridine rings is 1. The zero-order chi connectivity index (χ0) is 22.2. The number of hydrogen-bond acceptors (Lipinski definition) is 6. The SMILES string of the molecule is Cc1ccn2c(CN3CCN(C(=O)Cc4nc(-c5cccs5)oc4C)CC3)c(C)nc2c1. The molecule has 0 bridgehead atoms. The van der Waals surface area contributed by atoms with Gasteiger partial charge in [0.15, 0.2) is 0 Å². The average Bonchev–Trinajstić information content (AvgIpc) is 3.49. The summed E-state index contributed by atoms with van der Waals surface area (Å²) < 4.78 is 7.97. The fourth-order valence-corrected chi connectivity index (χ4v) is 4.87. The number of rotatable bonds is 5. The predicted octanol–water partition coefficient (Wildman–Crippen LogP) is 3.86. The molecule has 166 valence electrons. The molecule has 0 aromatic carbocycles. The number of aryl methyl sites for hydroxylation is 3. The highest BCUT2D eigenvalue weighted by Gasteiger charge is 2.24. The Balaban J connectivity index is 1.20. The van der Waals surface area contributed by atoms with Crippen molar-refractivity contribution in [3.8, 4) is 10.8 Å². The largest absolute Gasteiger partial charge is 0.440 e. The Hall–Kier alpha value is -2.97. The number of aromatic nitrogens is 3. The number of oxazole rings is 1. The number of thiophene rings is 1. The van der Waals surface area contributed by atoms with Crippen molar-refractivity contribution in [1.29, 1.82) is 0 Å². The zero-order valence-electron chi connectivity index (χ0n) is 18.7. The summed E-state index contributed by atoms with van der Waals surface area (Å²) in [7, 11) is 0. The third-order valence-electron chi connectivity index (χ3n) is 6.12. The molecule has 0 spiro atoms. The monoisotopic (exact) mass is 449 g/mol. The summed E-state index contributed by atoms with van der Waals surface area (Å²) in [6.45, 7) is 10.0. The first kappa shape index (κ1) is 20.9. The first-order valence-electron chi connectivity index (χ1n) is 10.9. The molecular weight excluding hydrogens is 422 g/mol. The third kappa shape index (κ3) is 4.08. The fourth-order valence-electron chi connectivity index (χ4n) is 4.23. The summed E-state index contributed by atoms with van der Waals surface area (Å²) in [6.07, 6.45) is 2.39. The predicted molar refractivity (Wildman–Crippen MR) is 125 cm³/mol. The van der Waals surface area contributed by atoms with Crippen molar-refractivity contribution in [3.63, 3.8) is 0 Å². The second-order valence-corrected chi connectivity index (χ2v) is 9.36. The lowest BCUT2D eigenvalue weighted by Gasteiger charge is -2.34. The van der Waals surface area contributed by atoms with Gasteiger partial charge in [-0.05, 0) is 49.9 Å². The molecule has 0 atom stereocenters. The van der Waals surface area contributed by atoms with E-state index in [1.807, 2.05) is 29.3 Å². The van der Waals surface area contributed by atoms with E-state index in [-0.39, 0.29) is 12.3 Å². The van der Waals surface area contributed by atoms with Crippen LogP contribution in [0.5, 0.6) is 0 Å². The van der Waals surface area contributed by atoms with Gasteiger partial charge in [0.25, 0.3) is 0 Å². The van der Waals surface area contributed by atoms with E-state index < -0.39 is 0 Å². The van der Waals surface area contributed by atoms with Crippen molar-refractivity contribution in [1.82, 2.24) is 24.2 Å². The van der Waals surface area contributed by atoms with Crippen molar-refractivity contribution in [2.75, 3.05) is 26.2 Å². The summed E-state index contributed by atoms with van der Waals surface area (Å²) in [4.78, 5) is 27.5. The minimum absolute atomic E-state index is 0.111. The van der Waals surface area contributed by atoms with Crippen LogP contribution in [0.15, 0.2) is 40.3 Å². The molecule has 8 heteroatoms. The molecule has 0 radical (unpaired) electrons. The molecule has 1 amide bonds. The molecule has 32 heavy (non-hydrogen) atoms. The first-order valence-corrected chi connectivity index (χ1v) is 11.8. The van der Waals surface area contributed by atoms with Crippen LogP contribution in [0, 0.1) is 20.8 Å². The highest BCUT2D eigenvalue weighted by atomic mass is 32.1. The van der Waals surface area contributed by atoms with Crippen LogP contribution in [0.25, 0.3) is 16.4 Å². The van der Waals surface area contributed by atoms with E-state index in [4.69, 9.17) is 9.40 Å². The van der Waals surface area contributed by atoms with Gasteiger partial charge in [-0.15, -0.1) is 11.3 Å². The van der Waals surface area contributed by atoms with Crippen molar-refractivity contribution < 1.29 is 9.21 Å². The van der Waals surface area contributed by atoms with Crippen LogP contribution in [-0.4, -0.2) is 56.3 Å². The molecule has 1 saturated heterocycles. The van der Waals surface area contributed by atoms with Crippen LogP contribution >= 0.6 is 11.3 Å². The maximum Gasteiger partial charge on any atom is 0.236 e. The van der Waals surface area contributed by atoms with E-state index in [0.29, 0.717) is 5.89 Å². The molecular formula is C24H27N5O2S. The number of nitrogens with zero attached hydrogens (tertiary/aromatic N) is 5. The number of carbonyl (C=O) groups excluding carboxylic acids is 1. The van der Waals surface area contributed by atoms with E-state index in [1.165, 1.54) is 11.3 Å². The lowest BCUT2D eigenvalue weighted by molar-refractivity contribution is -0.132. The minimum Gasteiger partial charge on any atom is -0.440 e. The summed E-state index contributed by atoms with van der Waals surface area (Å²) >= 11 is 1.59. The summed E-state index contributed by atoms with van der Waals surface area (Å²) in [5, 5.41) is 1.99. The lowest BCUT2D eigenvalue weighted by atomic mass is 10.2. The third-order valence-corrected chi connectivity index (χ3v) is 6.98. The van der Waals surface area contributed by atoms with E-state index in [9.17, 15) is 4.79 Å². The molecule has 1 aliphatic rings. The molecule has 1 aliphatic heterocycles. The second kappa shape index (κ2) is 8.52. The van der Waals surface area contributed by atoms with Crippen LogP contribution in [0.4, 0.5) is 0 Å². The molecule has 1 fully saturated rings. The molecule has 0 N–H and O–H groups in total. The molecule has 4 aromatic heterocycles. The Bertz CT molecular complexity index is 1250. The molecule has 0 saturated carbocycles. The normalized spacial score (nSPS) is 15.0. The van der Waals surface area contributed by atoms with Crippen LogP contribution in [0.2, 0.25) is 0 Å². The Morgan fingerprint density at radius 3 is 2.69 bits per heavy atom. The Kier molecular flexibility index (Phi) is 5.57. The molecule has 4 aromatic rings. The Labute approximate surface area is 191 Å². The standard InChI is InChI=1S/C24H27N5O2S/c1-16-6-7-29-20(17(2)25-22(29)13-16)15-27-8-10-28(11-9-27)23(30)14-19-18(3)31-24(26-19)21-5-4-12-32-21/h4-7,12-13H,8-11,14-15H2,1-3H3. The van der Waals surface area contributed by atoms with Gasteiger partial charge in [0, 0.05) is 38.9 Å². The van der Waals surface area contributed by atoms with E-state index >= 15 is 0 Å². The van der Waals surface area contributed by atoms with Gasteiger partial charge in [0.2, 0.25) is 11.8 Å². The van der Waals surface area contributed by atoms with Gasteiger partial charge in [-0.1, -0.05) is 6.07 Å². The van der Waals surface area contributed by atoms with Gasteiger partial charge in [-0.3, -0.25) is 9.69 Å². The molecule has 0 aliphatic carbocycles. The Morgan fingerprint density at radius 1 is 1.12 bits per heavy atom. The first-order chi connectivity index (χ1) is 15.5. The van der Waals surface area contributed by atoms with Crippen molar-refractivity contribution in [3.05, 3.63) is 64.2 Å². The van der Waals surface area contributed by atoms with Gasteiger partial charge in [0.05, 0.1) is 28.4 Å². The number of hydrogen-bond donors (Lipinski definition) is 0. The van der Waals surface area contributed by atoms with E-state index in [1.54, 1.807) is 11.3 Å². The van der Waals surface area contributed by atoms with Gasteiger partial charge in [-0.25, -0.2) is 9.97 Å². The number of amides is 1. The second-order valence-electron chi connectivity index (χ2n) is 8.41. The topological polar surface area (TPSA) is 66.9 Å². The quantitative estimate of drug-likeness (QED) is 0.463. The Morgan fingerprint density at radius 2 is 1.94 bits per heavy atom. The van der Waals surface area contributed by atoms with Gasteiger partial charge < -0.3 is 13.7 Å². The fraction of sp³-hybridized carbons (Fsp3) is 0.375. The van der Waals surface area contributed by atoms with Crippen LogP contribution in [-0.2, 0) is 17.8 Å². The van der Waals surface area contributed by atoms with Gasteiger partial charge in [-0.2, -0.15) is 0 Å². The maximum atomic E-state index is 12.9. The van der Waals surface area contributed by atoms with E-state index in [2.05, 4.69) is 46.5 Å². The summed E-state index contributed by atoms with van der Waals surface area (Å²) in [5.41, 5.74) is 5.23. The number of fused-ring (bicyclic) bond motifs is 1. The van der Waals surface area contributed by atoms with Crippen LogP contribution in [0.1, 0.15) is 28.4 Å². The van der Waals surface area contributed by atoms with Gasteiger partial charge >= 0.3 is 0 Å². The summed E-state index contributed by atoms with van der Waals surface area (Å²) in [5.74, 6) is 1.43. The highest BCUT2D eigenvalue weighted by molar-refractivity contribution is 7.13. The molecule has 5 heterocycles. The number of carbonyl (C=O) groups is 1.